The Kier molecular flexibility index (Phi) is 3.51. The first-order chi connectivity index (χ1) is 9.02. The van der Waals surface area contributed by atoms with Gasteiger partial charge in [-0.15, -0.1) is 0 Å². The molecule has 0 unspecified atom stereocenters. The van der Waals surface area contributed by atoms with Crippen LogP contribution in [0.2, 0.25) is 0 Å². The fourth-order valence-corrected chi connectivity index (χ4v) is 1.99. The number of carboxylic acids is 1. The molecule has 3 nitrogen and oxygen atoms in total. The number of aromatic carboxylic acids is 1. The molecule has 0 aliphatic rings. The maximum Gasteiger partial charge on any atom is 0.336 e. The lowest BCUT2D eigenvalue weighted by Gasteiger charge is -2.10. The quantitative estimate of drug-likeness (QED) is 0.918. The van der Waals surface area contributed by atoms with Crippen LogP contribution in [0.3, 0.4) is 0 Å². The van der Waals surface area contributed by atoms with Gasteiger partial charge in [-0.3, -0.25) is 0 Å². The number of benzene rings is 2. The number of carbonyl (C=O) groups is 1. The third-order valence-corrected chi connectivity index (χ3v) is 2.92. The standard InChI is InChI=1S/C15H13FO3/c1-9-7-10(3-6-14(9)19-2)12-5-4-11(16)8-13(12)15(17)18/h3-8H,1-2H3,(H,17,18). The average molecular weight is 260 g/mol. The van der Waals surface area contributed by atoms with Crippen LogP contribution in [0.1, 0.15) is 15.9 Å². The van der Waals surface area contributed by atoms with E-state index in [-0.39, 0.29) is 5.56 Å². The molecule has 0 aliphatic heterocycles. The van der Waals surface area contributed by atoms with E-state index in [1.54, 1.807) is 19.2 Å². The topological polar surface area (TPSA) is 46.5 Å². The number of methoxy groups -OCH3 is 1. The third kappa shape index (κ3) is 2.57. The second kappa shape index (κ2) is 5.10. The highest BCUT2D eigenvalue weighted by atomic mass is 19.1. The molecule has 0 aliphatic carbocycles. The van der Waals surface area contributed by atoms with E-state index in [1.165, 1.54) is 12.1 Å². The van der Waals surface area contributed by atoms with E-state index in [4.69, 9.17) is 9.84 Å². The van der Waals surface area contributed by atoms with Crippen LogP contribution in [-0.4, -0.2) is 18.2 Å². The van der Waals surface area contributed by atoms with E-state index in [0.29, 0.717) is 5.56 Å². The molecule has 0 radical (unpaired) electrons. The van der Waals surface area contributed by atoms with Gasteiger partial charge in [0.05, 0.1) is 12.7 Å². The van der Waals surface area contributed by atoms with Gasteiger partial charge in [-0.2, -0.15) is 0 Å². The van der Waals surface area contributed by atoms with E-state index in [9.17, 15) is 9.18 Å². The Labute approximate surface area is 110 Å². The summed E-state index contributed by atoms with van der Waals surface area (Å²) < 4.78 is 18.3. The molecule has 0 aromatic heterocycles. The summed E-state index contributed by atoms with van der Waals surface area (Å²) in [7, 11) is 1.57. The number of ether oxygens (including phenoxy) is 1. The Morgan fingerprint density at radius 2 is 1.95 bits per heavy atom. The van der Waals surface area contributed by atoms with Crippen LogP contribution in [0.4, 0.5) is 4.39 Å². The summed E-state index contributed by atoms with van der Waals surface area (Å²) in [5, 5.41) is 9.13. The number of hydrogen-bond acceptors (Lipinski definition) is 2. The number of rotatable bonds is 3. The lowest BCUT2D eigenvalue weighted by Crippen LogP contribution is -2.00. The zero-order chi connectivity index (χ0) is 14.0. The molecule has 0 fully saturated rings. The lowest BCUT2D eigenvalue weighted by atomic mass is 9.98. The largest absolute Gasteiger partial charge is 0.496 e. The van der Waals surface area contributed by atoms with Crippen LogP contribution in [0, 0.1) is 12.7 Å². The first-order valence-corrected chi connectivity index (χ1v) is 5.71. The Hall–Kier alpha value is -2.36. The molecule has 2 aromatic rings. The Balaban J connectivity index is 2.58. The lowest BCUT2D eigenvalue weighted by molar-refractivity contribution is 0.0697. The summed E-state index contributed by atoms with van der Waals surface area (Å²) in [5.41, 5.74) is 2.04. The summed E-state index contributed by atoms with van der Waals surface area (Å²) in [6.07, 6.45) is 0. The van der Waals surface area contributed by atoms with Crippen molar-refractivity contribution < 1.29 is 19.0 Å². The first-order valence-electron chi connectivity index (χ1n) is 5.71. The van der Waals surface area contributed by atoms with Crippen molar-refractivity contribution in [3.05, 3.63) is 53.3 Å². The van der Waals surface area contributed by atoms with Crippen LogP contribution in [0.25, 0.3) is 11.1 Å². The maximum absolute atomic E-state index is 13.1. The van der Waals surface area contributed by atoms with Gasteiger partial charge in [-0.25, -0.2) is 9.18 Å². The minimum absolute atomic E-state index is 0.0513. The van der Waals surface area contributed by atoms with Crippen LogP contribution in [0.5, 0.6) is 5.75 Å². The molecule has 19 heavy (non-hydrogen) atoms. The highest BCUT2D eigenvalue weighted by Gasteiger charge is 2.13. The predicted molar refractivity (Wildman–Crippen MR) is 70.1 cm³/mol. The fraction of sp³-hybridized carbons (Fsp3) is 0.133. The minimum Gasteiger partial charge on any atom is -0.496 e. The van der Waals surface area contributed by atoms with Crippen LogP contribution >= 0.6 is 0 Å². The SMILES string of the molecule is COc1ccc(-c2ccc(F)cc2C(=O)O)cc1C. The molecule has 2 aromatic carbocycles. The maximum atomic E-state index is 13.1. The molecular weight excluding hydrogens is 247 g/mol. The zero-order valence-electron chi connectivity index (χ0n) is 10.6. The van der Waals surface area contributed by atoms with Crippen molar-refractivity contribution in [2.75, 3.05) is 7.11 Å². The third-order valence-electron chi connectivity index (χ3n) is 2.92. The predicted octanol–water partition coefficient (Wildman–Crippen LogP) is 3.51. The van der Waals surface area contributed by atoms with Gasteiger partial charge < -0.3 is 9.84 Å². The van der Waals surface area contributed by atoms with Crippen LogP contribution in [-0.2, 0) is 0 Å². The van der Waals surface area contributed by atoms with Crippen LogP contribution in [0.15, 0.2) is 36.4 Å². The molecule has 98 valence electrons. The molecule has 0 saturated heterocycles. The molecule has 0 spiro atoms. The van der Waals surface area contributed by atoms with Gasteiger partial charge in [0, 0.05) is 0 Å². The second-order valence-corrected chi connectivity index (χ2v) is 4.18. The average Bonchev–Trinajstić information content (AvgIpc) is 2.38. The molecule has 1 N–H and O–H groups in total. The normalized spacial score (nSPS) is 10.3. The van der Waals surface area contributed by atoms with Crippen molar-refractivity contribution in [1.82, 2.24) is 0 Å². The molecule has 0 amide bonds. The Morgan fingerprint density at radius 1 is 1.21 bits per heavy atom. The van der Waals surface area contributed by atoms with Gasteiger partial charge in [0.1, 0.15) is 11.6 Å². The van der Waals surface area contributed by atoms with E-state index in [0.717, 1.165) is 22.9 Å². The number of aryl methyl sites for hydroxylation is 1. The summed E-state index contributed by atoms with van der Waals surface area (Å²) in [6.45, 7) is 1.87. The van der Waals surface area contributed by atoms with Gasteiger partial charge >= 0.3 is 5.97 Å². The molecule has 0 bridgehead atoms. The van der Waals surface area contributed by atoms with Gasteiger partial charge in [0.15, 0.2) is 0 Å². The van der Waals surface area contributed by atoms with Crippen molar-refractivity contribution >= 4 is 5.97 Å². The van der Waals surface area contributed by atoms with Crippen molar-refractivity contribution in [3.63, 3.8) is 0 Å². The minimum atomic E-state index is -1.15. The van der Waals surface area contributed by atoms with E-state index in [2.05, 4.69) is 0 Å². The summed E-state index contributed by atoms with van der Waals surface area (Å²) in [5.74, 6) is -0.989. The molecule has 0 heterocycles. The fourth-order valence-electron chi connectivity index (χ4n) is 1.99. The van der Waals surface area contributed by atoms with Gasteiger partial charge in [0.25, 0.3) is 0 Å². The van der Waals surface area contributed by atoms with E-state index in [1.807, 2.05) is 13.0 Å². The molecular formula is C15H13FO3. The highest BCUT2D eigenvalue weighted by Crippen LogP contribution is 2.29. The summed E-state index contributed by atoms with van der Waals surface area (Å²) >= 11 is 0. The van der Waals surface area contributed by atoms with Crippen LogP contribution < -0.4 is 4.74 Å². The molecule has 0 saturated carbocycles. The van der Waals surface area contributed by atoms with Crippen molar-refractivity contribution in [1.29, 1.82) is 0 Å². The first kappa shape index (κ1) is 13.1. The summed E-state index contributed by atoms with van der Waals surface area (Å²) in [6, 6.07) is 9.09. The van der Waals surface area contributed by atoms with Crippen molar-refractivity contribution in [2.24, 2.45) is 0 Å². The molecule has 4 heteroatoms. The van der Waals surface area contributed by atoms with Gasteiger partial charge in [0.2, 0.25) is 0 Å². The van der Waals surface area contributed by atoms with Gasteiger partial charge in [-0.05, 0) is 47.9 Å². The molecule has 0 atom stereocenters. The van der Waals surface area contributed by atoms with Gasteiger partial charge in [-0.1, -0.05) is 12.1 Å². The number of halogens is 1. The second-order valence-electron chi connectivity index (χ2n) is 4.18. The summed E-state index contributed by atoms with van der Waals surface area (Å²) in [4.78, 5) is 11.2. The monoisotopic (exact) mass is 260 g/mol. The Bertz CT molecular complexity index is 635. The van der Waals surface area contributed by atoms with E-state index < -0.39 is 11.8 Å². The van der Waals surface area contributed by atoms with E-state index >= 15 is 0 Å². The van der Waals surface area contributed by atoms with Crippen molar-refractivity contribution in [2.45, 2.75) is 6.92 Å². The smallest absolute Gasteiger partial charge is 0.336 e. The number of carboxylic acid groups (broad SMARTS) is 1. The molecule has 2 rings (SSSR count). The van der Waals surface area contributed by atoms with Crippen molar-refractivity contribution in [3.8, 4) is 16.9 Å². The zero-order valence-corrected chi connectivity index (χ0v) is 10.6. The Morgan fingerprint density at radius 3 is 2.53 bits per heavy atom. The number of hydrogen-bond donors (Lipinski definition) is 1. The highest BCUT2D eigenvalue weighted by molar-refractivity contribution is 5.96.